The van der Waals surface area contributed by atoms with Gasteiger partial charge in [-0.2, -0.15) is 0 Å². The van der Waals surface area contributed by atoms with Gasteiger partial charge in [0.1, 0.15) is 0 Å². The fraction of sp³-hybridized carbons (Fsp3) is 0.278. The largest absolute Gasteiger partial charge is 0.368 e. The molecule has 4 N–H and O–H groups in total. The maximum absolute atomic E-state index is 12.2. The minimum Gasteiger partial charge on any atom is -0.368 e. The molecule has 25 heavy (non-hydrogen) atoms. The van der Waals surface area contributed by atoms with Gasteiger partial charge < -0.3 is 16.4 Å². The summed E-state index contributed by atoms with van der Waals surface area (Å²) in [6.07, 6.45) is 3.33. The first-order valence-corrected chi connectivity index (χ1v) is 8.90. The Morgan fingerprint density at radius 2 is 1.80 bits per heavy atom. The lowest BCUT2D eigenvalue weighted by molar-refractivity contribution is -0.117. The van der Waals surface area contributed by atoms with Crippen molar-refractivity contribution in [2.45, 2.75) is 25.8 Å². The lowest BCUT2D eigenvalue weighted by atomic mass is 10.1. The third kappa shape index (κ3) is 4.24. The standard InChI is InChI=1S/C18H19N3O3S/c19-16(22)10-21-17(23)12-6-4-11(5-7-12)9-20-18(24)15-8-13-2-1-3-14(13)25-15/h4-8H,1-3,9-10H2,(H2,19,22)(H,20,24)(H,21,23). The van der Waals surface area contributed by atoms with E-state index in [1.165, 1.54) is 16.9 Å². The highest BCUT2D eigenvalue weighted by atomic mass is 32.1. The second-order valence-corrected chi connectivity index (χ2v) is 7.08. The normalized spacial score (nSPS) is 12.5. The maximum Gasteiger partial charge on any atom is 0.261 e. The van der Waals surface area contributed by atoms with Gasteiger partial charge in [0, 0.05) is 17.0 Å². The molecule has 2 aromatic rings. The molecular formula is C18H19N3O3S. The molecule has 0 saturated heterocycles. The van der Waals surface area contributed by atoms with E-state index in [-0.39, 0.29) is 18.4 Å². The van der Waals surface area contributed by atoms with E-state index in [4.69, 9.17) is 5.73 Å². The molecule has 1 aliphatic carbocycles. The zero-order valence-electron chi connectivity index (χ0n) is 13.6. The van der Waals surface area contributed by atoms with Crippen LogP contribution in [0.2, 0.25) is 0 Å². The van der Waals surface area contributed by atoms with Crippen LogP contribution in [-0.4, -0.2) is 24.3 Å². The molecule has 1 heterocycles. The summed E-state index contributed by atoms with van der Waals surface area (Å²) in [4.78, 5) is 36.8. The summed E-state index contributed by atoms with van der Waals surface area (Å²) in [6.45, 7) is 0.200. The number of nitrogens with one attached hydrogen (secondary N) is 2. The van der Waals surface area contributed by atoms with Crippen molar-refractivity contribution in [1.29, 1.82) is 0 Å². The number of aryl methyl sites for hydroxylation is 2. The number of nitrogens with two attached hydrogens (primary N) is 1. The van der Waals surface area contributed by atoms with Crippen molar-refractivity contribution in [2.24, 2.45) is 5.73 Å². The van der Waals surface area contributed by atoms with Gasteiger partial charge in [0.05, 0.1) is 11.4 Å². The Balaban J connectivity index is 1.53. The molecule has 1 aromatic carbocycles. The van der Waals surface area contributed by atoms with Crippen LogP contribution in [0.3, 0.4) is 0 Å². The van der Waals surface area contributed by atoms with Crippen molar-refractivity contribution < 1.29 is 14.4 Å². The van der Waals surface area contributed by atoms with Crippen molar-refractivity contribution in [1.82, 2.24) is 10.6 Å². The number of carbonyl (C=O) groups excluding carboxylic acids is 3. The highest BCUT2D eigenvalue weighted by Gasteiger charge is 2.18. The maximum atomic E-state index is 12.2. The predicted molar refractivity (Wildman–Crippen MR) is 95.5 cm³/mol. The first-order chi connectivity index (χ1) is 12.0. The molecular weight excluding hydrogens is 338 g/mol. The van der Waals surface area contributed by atoms with Gasteiger partial charge in [0.15, 0.2) is 0 Å². The minimum atomic E-state index is -0.591. The topological polar surface area (TPSA) is 101 Å². The highest BCUT2D eigenvalue weighted by molar-refractivity contribution is 7.14. The average molecular weight is 357 g/mol. The molecule has 130 valence electrons. The number of benzene rings is 1. The number of primary amides is 1. The van der Waals surface area contributed by atoms with Crippen LogP contribution in [0.15, 0.2) is 30.3 Å². The van der Waals surface area contributed by atoms with Crippen LogP contribution >= 0.6 is 11.3 Å². The van der Waals surface area contributed by atoms with Gasteiger partial charge in [-0.3, -0.25) is 14.4 Å². The number of rotatable bonds is 6. The van der Waals surface area contributed by atoms with Crippen LogP contribution < -0.4 is 16.4 Å². The molecule has 6 nitrogen and oxygen atoms in total. The number of hydrogen-bond acceptors (Lipinski definition) is 4. The van der Waals surface area contributed by atoms with Gasteiger partial charge >= 0.3 is 0 Å². The molecule has 0 unspecified atom stereocenters. The predicted octanol–water partition coefficient (Wildman–Crippen LogP) is 1.38. The number of amides is 3. The molecule has 3 rings (SSSR count). The minimum absolute atomic E-state index is 0.0670. The fourth-order valence-electron chi connectivity index (χ4n) is 2.75. The van der Waals surface area contributed by atoms with E-state index in [1.807, 2.05) is 6.07 Å². The van der Waals surface area contributed by atoms with E-state index in [0.29, 0.717) is 12.1 Å². The molecule has 0 bridgehead atoms. The molecule has 1 aliphatic rings. The van der Waals surface area contributed by atoms with E-state index in [1.54, 1.807) is 35.6 Å². The number of carbonyl (C=O) groups is 3. The SMILES string of the molecule is NC(=O)CNC(=O)c1ccc(CNC(=O)c2cc3c(s2)CCC3)cc1. The molecule has 0 radical (unpaired) electrons. The molecule has 3 amide bonds. The summed E-state index contributed by atoms with van der Waals surface area (Å²) in [7, 11) is 0. The number of fused-ring (bicyclic) bond motifs is 1. The Kier molecular flexibility index (Phi) is 5.14. The molecule has 0 fully saturated rings. The molecule has 0 aliphatic heterocycles. The van der Waals surface area contributed by atoms with Crippen LogP contribution in [0.25, 0.3) is 0 Å². The van der Waals surface area contributed by atoms with Gasteiger partial charge in [0.2, 0.25) is 5.91 Å². The van der Waals surface area contributed by atoms with Crippen molar-refractivity contribution in [2.75, 3.05) is 6.54 Å². The lowest BCUT2D eigenvalue weighted by Crippen LogP contribution is -2.33. The summed E-state index contributed by atoms with van der Waals surface area (Å²) < 4.78 is 0. The Morgan fingerprint density at radius 3 is 2.48 bits per heavy atom. The Labute approximate surface area is 149 Å². The van der Waals surface area contributed by atoms with Crippen LogP contribution in [0.1, 0.15) is 42.5 Å². The van der Waals surface area contributed by atoms with Gasteiger partial charge in [-0.25, -0.2) is 0 Å². The number of hydrogen-bond donors (Lipinski definition) is 3. The van der Waals surface area contributed by atoms with Crippen molar-refractivity contribution in [3.8, 4) is 0 Å². The van der Waals surface area contributed by atoms with E-state index in [0.717, 1.165) is 23.3 Å². The Morgan fingerprint density at radius 1 is 1.04 bits per heavy atom. The van der Waals surface area contributed by atoms with Crippen LogP contribution in [-0.2, 0) is 24.2 Å². The summed E-state index contributed by atoms with van der Waals surface area (Å²) in [6, 6.07) is 8.84. The quantitative estimate of drug-likeness (QED) is 0.728. The van der Waals surface area contributed by atoms with Crippen LogP contribution in [0.5, 0.6) is 0 Å². The Bertz CT molecular complexity index is 790. The molecule has 7 heteroatoms. The van der Waals surface area contributed by atoms with Crippen molar-refractivity contribution >= 4 is 29.1 Å². The van der Waals surface area contributed by atoms with Crippen molar-refractivity contribution in [3.05, 3.63) is 56.8 Å². The van der Waals surface area contributed by atoms with Crippen molar-refractivity contribution in [3.63, 3.8) is 0 Å². The fourth-order valence-corrected chi connectivity index (χ4v) is 3.92. The first-order valence-electron chi connectivity index (χ1n) is 8.08. The van der Waals surface area contributed by atoms with E-state index in [9.17, 15) is 14.4 Å². The third-order valence-corrected chi connectivity index (χ3v) is 5.30. The third-order valence-electron chi connectivity index (χ3n) is 4.06. The van der Waals surface area contributed by atoms with Crippen LogP contribution in [0, 0.1) is 0 Å². The van der Waals surface area contributed by atoms with Gasteiger partial charge in [-0.15, -0.1) is 11.3 Å². The van der Waals surface area contributed by atoms with E-state index < -0.39 is 5.91 Å². The average Bonchev–Trinajstić information content (AvgIpc) is 3.20. The molecule has 0 atom stereocenters. The summed E-state index contributed by atoms with van der Waals surface area (Å²) in [5.41, 5.74) is 7.62. The first kappa shape index (κ1) is 17.2. The molecule has 1 aromatic heterocycles. The second-order valence-electron chi connectivity index (χ2n) is 5.94. The molecule has 0 saturated carbocycles. The lowest BCUT2D eigenvalue weighted by Gasteiger charge is -2.06. The van der Waals surface area contributed by atoms with Gasteiger partial charge in [0.25, 0.3) is 11.8 Å². The van der Waals surface area contributed by atoms with E-state index in [2.05, 4.69) is 10.6 Å². The summed E-state index contributed by atoms with van der Waals surface area (Å²) in [5.74, 6) is -1.02. The summed E-state index contributed by atoms with van der Waals surface area (Å²) in [5, 5.41) is 5.33. The summed E-state index contributed by atoms with van der Waals surface area (Å²) >= 11 is 1.58. The van der Waals surface area contributed by atoms with E-state index >= 15 is 0 Å². The van der Waals surface area contributed by atoms with Crippen LogP contribution in [0.4, 0.5) is 0 Å². The smallest absolute Gasteiger partial charge is 0.261 e. The Hall–Kier alpha value is -2.67. The number of thiophene rings is 1. The zero-order chi connectivity index (χ0) is 17.8. The highest BCUT2D eigenvalue weighted by Crippen LogP contribution is 2.30. The van der Waals surface area contributed by atoms with Gasteiger partial charge in [-0.05, 0) is 48.6 Å². The van der Waals surface area contributed by atoms with Gasteiger partial charge in [-0.1, -0.05) is 12.1 Å². The monoisotopic (exact) mass is 357 g/mol. The molecule has 0 spiro atoms. The second kappa shape index (κ2) is 7.48. The zero-order valence-corrected chi connectivity index (χ0v) is 14.4.